The number of carboxylic acids is 1. The average molecular weight is 554 g/mol. The molecule has 0 radical (unpaired) electrons. The Labute approximate surface area is 236 Å². The fourth-order valence-corrected chi connectivity index (χ4v) is 4.27. The number of carbonyl (C=O) groups is 4. The molecule has 10 nitrogen and oxygen atoms in total. The van der Waals surface area contributed by atoms with Crippen LogP contribution in [0.15, 0.2) is 60.7 Å². The van der Waals surface area contributed by atoms with Gasteiger partial charge in [0.2, 0.25) is 17.7 Å². The van der Waals surface area contributed by atoms with E-state index in [1.165, 1.54) is 0 Å². The molecule has 2 aromatic rings. The number of nitrogens with one attached hydrogen (secondary N) is 3. The maximum Gasteiger partial charge on any atom is 0.326 e. The van der Waals surface area contributed by atoms with Crippen LogP contribution in [0.5, 0.6) is 0 Å². The van der Waals surface area contributed by atoms with E-state index in [1.807, 2.05) is 67.6 Å². The van der Waals surface area contributed by atoms with E-state index in [2.05, 4.69) is 16.0 Å². The second kappa shape index (κ2) is 17.8. The number of nitrogens with two attached hydrogens (primary N) is 2. The number of unbranched alkanes of at least 4 members (excludes halogenated alkanes) is 2. The van der Waals surface area contributed by atoms with Crippen LogP contribution in [0.1, 0.15) is 56.6 Å². The summed E-state index contributed by atoms with van der Waals surface area (Å²) in [6.07, 6.45) is 3.65. The molecule has 3 amide bonds. The molecule has 0 heterocycles. The normalized spacial score (nSPS) is 13.9. The molecule has 0 bridgehead atoms. The van der Waals surface area contributed by atoms with Gasteiger partial charge in [-0.2, -0.15) is 0 Å². The Hall–Kier alpha value is -3.76. The Morgan fingerprint density at radius 1 is 0.700 bits per heavy atom. The minimum Gasteiger partial charge on any atom is -0.480 e. The number of rotatable bonds is 18. The minimum absolute atomic E-state index is 0.190. The maximum atomic E-state index is 13.5. The van der Waals surface area contributed by atoms with Gasteiger partial charge in [-0.05, 0) is 49.8 Å². The van der Waals surface area contributed by atoms with Gasteiger partial charge in [-0.1, -0.05) is 80.4 Å². The number of aliphatic carboxylic acids is 1. The Morgan fingerprint density at radius 3 is 1.75 bits per heavy atom. The third-order valence-corrected chi connectivity index (χ3v) is 6.59. The largest absolute Gasteiger partial charge is 0.480 e. The van der Waals surface area contributed by atoms with E-state index in [1.54, 1.807) is 0 Å². The van der Waals surface area contributed by atoms with Gasteiger partial charge in [0.05, 0.1) is 6.04 Å². The van der Waals surface area contributed by atoms with Crippen molar-refractivity contribution >= 4 is 23.7 Å². The molecule has 40 heavy (non-hydrogen) atoms. The van der Waals surface area contributed by atoms with Crippen molar-refractivity contribution in [1.82, 2.24) is 16.0 Å². The third-order valence-electron chi connectivity index (χ3n) is 6.59. The molecule has 0 saturated carbocycles. The molecule has 4 atom stereocenters. The van der Waals surface area contributed by atoms with Crippen LogP contribution in [0, 0.1) is 0 Å². The van der Waals surface area contributed by atoms with Gasteiger partial charge in [0, 0.05) is 6.42 Å². The van der Waals surface area contributed by atoms with E-state index >= 15 is 0 Å². The van der Waals surface area contributed by atoms with Gasteiger partial charge in [-0.25, -0.2) is 4.79 Å². The molecule has 0 spiro atoms. The van der Waals surface area contributed by atoms with Crippen molar-refractivity contribution in [1.29, 1.82) is 0 Å². The van der Waals surface area contributed by atoms with Gasteiger partial charge in [-0.3, -0.25) is 14.4 Å². The van der Waals surface area contributed by atoms with E-state index in [0.717, 1.165) is 17.5 Å². The predicted octanol–water partition coefficient (Wildman–Crippen LogP) is 1.66. The Morgan fingerprint density at radius 2 is 1.20 bits per heavy atom. The van der Waals surface area contributed by atoms with Crippen LogP contribution in [-0.4, -0.2) is 59.5 Å². The van der Waals surface area contributed by atoms with Gasteiger partial charge in [-0.15, -0.1) is 0 Å². The lowest BCUT2D eigenvalue weighted by molar-refractivity contribution is -0.142. The number of hydrogen-bond acceptors (Lipinski definition) is 6. The van der Waals surface area contributed by atoms with Crippen LogP contribution in [0.2, 0.25) is 0 Å². The van der Waals surface area contributed by atoms with Crippen molar-refractivity contribution in [3.63, 3.8) is 0 Å². The van der Waals surface area contributed by atoms with Gasteiger partial charge in [0.15, 0.2) is 0 Å². The molecule has 0 saturated heterocycles. The van der Waals surface area contributed by atoms with E-state index in [0.29, 0.717) is 38.6 Å². The summed E-state index contributed by atoms with van der Waals surface area (Å²) in [6, 6.07) is 14.6. The summed E-state index contributed by atoms with van der Waals surface area (Å²) in [6.45, 7) is 2.38. The van der Waals surface area contributed by atoms with Crippen LogP contribution in [-0.2, 0) is 32.0 Å². The van der Waals surface area contributed by atoms with Crippen molar-refractivity contribution < 1.29 is 24.3 Å². The SMILES string of the molecule is CCCC[C@@H](NC(=O)[C@@H](Cc1ccccc1)NC(=O)[C@H](N)Cc1ccccc1)C(=O)N[C@H](CCCCN)C(=O)O. The average Bonchev–Trinajstić information content (AvgIpc) is 2.95. The molecular weight excluding hydrogens is 510 g/mol. The zero-order chi connectivity index (χ0) is 29.3. The summed E-state index contributed by atoms with van der Waals surface area (Å²) in [7, 11) is 0. The number of carbonyl (C=O) groups excluding carboxylic acids is 3. The smallest absolute Gasteiger partial charge is 0.326 e. The summed E-state index contributed by atoms with van der Waals surface area (Å²) in [5.41, 5.74) is 13.4. The van der Waals surface area contributed by atoms with Gasteiger partial charge < -0.3 is 32.5 Å². The maximum absolute atomic E-state index is 13.5. The molecule has 0 fully saturated rings. The molecule has 0 aliphatic heterocycles. The lowest BCUT2D eigenvalue weighted by atomic mass is 10.0. The molecule has 0 aromatic heterocycles. The summed E-state index contributed by atoms with van der Waals surface area (Å²) >= 11 is 0. The molecule has 8 N–H and O–H groups in total. The van der Waals surface area contributed by atoms with Crippen LogP contribution in [0.3, 0.4) is 0 Å². The zero-order valence-electron chi connectivity index (χ0n) is 23.2. The first-order valence-electron chi connectivity index (χ1n) is 13.9. The molecule has 0 unspecified atom stereocenters. The van der Waals surface area contributed by atoms with Crippen molar-refractivity contribution in [3.05, 3.63) is 71.8 Å². The molecule has 2 rings (SSSR count). The van der Waals surface area contributed by atoms with Crippen molar-refractivity contribution in [2.24, 2.45) is 11.5 Å². The summed E-state index contributed by atoms with van der Waals surface area (Å²) < 4.78 is 0. The second-order valence-electron chi connectivity index (χ2n) is 9.93. The van der Waals surface area contributed by atoms with Gasteiger partial charge >= 0.3 is 5.97 Å². The summed E-state index contributed by atoms with van der Waals surface area (Å²) in [5, 5.41) is 17.7. The van der Waals surface area contributed by atoms with Crippen molar-refractivity contribution in [3.8, 4) is 0 Å². The quantitative estimate of drug-likeness (QED) is 0.152. The van der Waals surface area contributed by atoms with E-state index < -0.39 is 47.9 Å². The fourth-order valence-electron chi connectivity index (χ4n) is 4.27. The topological polar surface area (TPSA) is 177 Å². The number of amides is 3. The molecule has 2 aromatic carbocycles. The molecular formula is C30H43N5O5. The number of carboxylic acid groups (broad SMARTS) is 1. The van der Waals surface area contributed by atoms with Crippen LogP contribution < -0.4 is 27.4 Å². The fraction of sp³-hybridized carbons (Fsp3) is 0.467. The first-order valence-corrected chi connectivity index (χ1v) is 13.9. The highest BCUT2D eigenvalue weighted by Gasteiger charge is 2.30. The lowest BCUT2D eigenvalue weighted by Gasteiger charge is -2.25. The molecule has 10 heteroatoms. The first-order chi connectivity index (χ1) is 19.2. The highest BCUT2D eigenvalue weighted by atomic mass is 16.4. The lowest BCUT2D eigenvalue weighted by Crippen LogP contribution is -2.57. The third kappa shape index (κ3) is 11.5. The van der Waals surface area contributed by atoms with Crippen molar-refractivity contribution in [2.45, 2.75) is 82.5 Å². The first kappa shape index (κ1) is 32.5. The van der Waals surface area contributed by atoms with E-state index in [4.69, 9.17) is 11.5 Å². The van der Waals surface area contributed by atoms with E-state index in [9.17, 15) is 24.3 Å². The minimum atomic E-state index is -1.15. The summed E-state index contributed by atoms with van der Waals surface area (Å²) in [4.78, 5) is 51.4. The van der Waals surface area contributed by atoms with Crippen LogP contribution in [0.25, 0.3) is 0 Å². The number of hydrogen-bond donors (Lipinski definition) is 6. The Balaban J connectivity index is 2.17. The van der Waals surface area contributed by atoms with Gasteiger partial charge in [0.25, 0.3) is 0 Å². The highest BCUT2D eigenvalue weighted by molar-refractivity contribution is 5.94. The van der Waals surface area contributed by atoms with Crippen LogP contribution in [0.4, 0.5) is 0 Å². The standard InChI is InChI=1S/C30H43N5O5/c1-2-3-16-24(28(37)34-25(30(39)40)17-10-11-18-31)33-29(38)26(20-22-14-8-5-9-15-22)35-27(36)23(32)19-21-12-6-4-7-13-21/h4-9,12-15,23-26H,2-3,10-11,16-20,31-32H2,1H3,(H,33,38)(H,34,37)(H,35,36)(H,39,40)/t23-,24-,25-,26-/m1/s1. The van der Waals surface area contributed by atoms with Crippen LogP contribution >= 0.6 is 0 Å². The van der Waals surface area contributed by atoms with Gasteiger partial charge in [0.1, 0.15) is 18.1 Å². The Kier molecular flexibility index (Phi) is 14.4. The molecule has 0 aliphatic rings. The second-order valence-corrected chi connectivity index (χ2v) is 9.93. The number of benzene rings is 2. The van der Waals surface area contributed by atoms with Crippen molar-refractivity contribution in [2.75, 3.05) is 6.54 Å². The Bertz CT molecular complexity index is 1070. The predicted molar refractivity (Wildman–Crippen MR) is 154 cm³/mol. The molecule has 218 valence electrons. The monoisotopic (exact) mass is 553 g/mol. The zero-order valence-corrected chi connectivity index (χ0v) is 23.2. The molecule has 0 aliphatic carbocycles. The summed E-state index contributed by atoms with van der Waals surface area (Å²) in [5.74, 6) is -2.75. The highest BCUT2D eigenvalue weighted by Crippen LogP contribution is 2.09. The van der Waals surface area contributed by atoms with E-state index in [-0.39, 0.29) is 12.8 Å².